The molecule has 0 aromatic carbocycles. The van der Waals surface area contributed by atoms with Crippen molar-refractivity contribution in [3.8, 4) is 0 Å². The number of anilines is 1. The van der Waals surface area contributed by atoms with Gasteiger partial charge in [0.05, 0.1) is 12.0 Å². The fraction of sp³-hybridized carbons (Fsp3) is 0.133. The minimum atomic E-state index is -0.476. The third-order valence-corrected chi connectivity index (χ3v) is 3.21. The van der Waals surface area contributed by atoms with Gasteiger partial charge in [0.2, 0.25) is 0 Å². The van der Waals surface area contributed by atoms with Gasteiger partial charge in [-0.3, -0.25) is 14.0 Å². The second-order valence-corrected chi connectivity index (χ2v) is 4.67. The van der Waals surface area contributed by atoms with Gasteiger partial charge in [-0.2, -0.15) is 0 Å². The van der Waals surface area contributed by atoms with Gasteiger partial charge in [0.25, 0.3) is 11.5 Å². The van der Waals surface area contributed by atoms with Gasteiger partial charge in [0, 0.05) is 5.69 Å². The van der Waals surface area contributed by atoms with Crippen molar-refractivity contribution in [1.29, 1.82) is 0 Å². The van der Waals surface area contributed by atoms with Gasteiger partial charge < -0.3 is 9.73 Å². The summed E-state index contributed by atoms with van der Waals surface area (Å²) in [4.78, 5) is 28.9. The summed E-state index contributed by atoms with van der Waals surface area (Å²) < 4.78 is 6.48. The second kappa shape index (κ2) is 4.90. The lowest BCUT2D eigenvalue weighted by molar-refractivity contribution is 0.0996. The summed E-state index contributed by atoms with van der Waals surface area (Å²) in [5, 5.41) is 2.57. The molecule has 21 heavy (non-hydrogen) atoms. The van der Waals surface area contributed by atoms with Crippen LogP contribution in [-0.4, -0.2) is 15.3 Å². The molecule has 0 bridgehead atoms. The number of carbonyl (C=O) groups excluding carboxylic acids is 1. The number of rotatable bonds is 2. The van der Waals surface area contributed by atoms with E-state index in [2.05, 4.69) is 10.3 Å². The van der Waals surface area contributed by atoms with Crippen molar-refractivity contribution in [2.24, 2.45) is 0 Å². The van der Waals surface area contributed by atoms with Gasteiger partial charge in [-0.05, 0) is 38.1 Å². The van der Waals surface area contributed by atoms with E-state index in [-0.39, 0.29) is 17.0 Å². The number of pyridine rings is 1. The summed E-state index contributed by atoms with van der Waals surface area (Å²) in [6.45, 7) is 3.49. The third kappa shape index (κ3) is 2.20. The van der Waals surface area contributed by atoms with Gasteiger partial charge in [-0.15, -0.1) is 0 Å². The lowest BCUT2D eigenvalue weighted by Gasteiger charge is -2.10. The van der Waals surface area contributed by atoms with E-state index in [0.717, 1.165) is 5.69 Å². The van der Waals surface area contributed by atoms with Crippen LogP contribution in [0.1, 0.15) is 21.9 Å². The molecule has 6 nitrogen and oxygen atoms in total. The Hall–Kier alpha value is -2.89. The number of aryl methyl sites for hydroxylation is 2. The van der Waals surface area contributed by atoms with E-state index in [1.54, 1.807) is 19.1 Å². The molecule has 3 rings (SSSR count). The molecule has 1 N–H and O–H groups in total. The monoisotopic (exact) mass is 283 g/mol. The zero-order valence-corrected chi connectivity index (χ0v) is 11.6. The van der Waals surface area contributed by atoms with Crippen molar-refractivity contribution in [3.05, 3.63) is 64.1 Å². The van der Waals surface area contributed by atoms with Gasteiger partial charge in [-0.1, -0.05) is 6.07 Å². The van der Waals surface area contributed by atoms with Crippen LogP contribution in [0.4, 0.5) is 5.69 Å². The first-order valence-electron chi connectivity index (χ1n) is 6.42. The number of hydrogen-bond acceptors (Lipinski definition) is 4. The maximum atomic E-state index is 12.6. The van der Waals surface area contributed by atoms with E-state index in [1.807, 2.05) is 19.1 Å². The van der Waals surface area contributed by atoms with Crippen molar-refractivity contribution in [3.63, 3.8) is 0 Å². The molecule has 0 fully saturated rings. The van der Waals surface area contributed by atoms with Crippen molar-refractivity contribution >= 4 is 17.2 Å². The number of nitrogens with one attached hydrogen (secondary N) is 1. The Morgan fingerprint density at radius 1 is 1.24 bits per heavy atom. The zero-order valence-electron chi connectivity index (χ0n) is 11.6. The van der Waals surface area contributed by atoms with Crippen LogP contribution in [0.5, 0.6) is 0 Å². The van der Waals surface area contributed by atoms with Crippen molar-refractivity contribution in [2.75, 3.05) is 5.32 Å². The number of nitrogens with zero attached hydrogens (tertiary/aromatic N) is 2. The standard InChI is InChI=1S/C15H13N3O3/c1-9-5-3-7-12-16-10(2)13(15(20)18(9)12)17-14(19)11-6-4-8-21-11/h3-8H,1-2H3,(H,17,19). The van der Waals surface area contributed by atoms with Gasteiger partial charge in [0.1, 0.15) is 11.3 Å². The number of amides is 1. The Morgan fingerprint density at radius 3 is 2.76 bits per heavy atom. The Bertz CT molecular complexity index is 879. The van der Waals surface area contributed by atoms with E-state index < -0.39 is 5.91 Å². The lowest BCUT2D eigenvalue weighted by Crippen LogP contribution is -2.25. The fourth-order valence-corrected chi connectivity index (χ4v) is 2.18. The van der Waals surface area contributed by atoms with Crippen molar-refractivity contribution < 1.29 is 9.21 Å². The van der Waals surface area contributed by atoms with Gasteiger partial charge >= 0.3 is 0 Å². The number of hydrogen-bond donors (Lipinski definition) is 1. The molecule has 0 saturated heterocycles. The summed E-state index contributed by atoms with van der Waals surface area (Å²) in [6, 6.07) is 8.53. The van der Waals surface area contributed by atoms with Crippen LogP contribution < -0.4 is 10.9 Å². The van der Waals surface area contributed by atoms with Crippen LogP contribution in [0.25, 0.3) is 5.65 Å². The van der Waals surface area contributed by atoms with Crippen molar-refractivity contribution in [1.82, 2.24) is 9.38 Å². The molecule has 0 spiro atoms. The highest BCUT2D eigenvalue weighted by Gasteiger charge is 2.16. The fourth-order valence-electron chi connectivity index (χ4n) is 2.18. The number of aromatic nitrogens is 2. The van der Waals surface area contributed by atoms with Crippen LogP contribution in [0.2, 0.25) is 0 Å². The molecule has 0 aliphatic carbocycles. The largest absolute Gasteiger partial charge is 0.459 e. The predicted octanol–water partition coefficient (Wildman–Crippen LogP) is 2.16. The van der Waals surface area contributed by atoms with Crippen LogP contribution in [0, 0.1) is 13.8 Å². The maximum Gasteiger partial charge on any atom is 0.291 e. The highest BCUT2D eigenvalue weighted by Crippen LogP contribution is 2.12. The molecule has 3 heterocycles. The molecule has 0 saturated carbocycles. The van der Waals surface area contributed by atoms with Crippen LogP contribution in [0.15, 0.2) is 45.8 Å². The molecule has 3 aromatic heterocycles. The summed E-state index contributed by atoms with van der Waals surface area (Å²) in [6.07, 6.45) is 1.40. The third-order valence-electron chi connectivity index (χ3n) is 3.21. The zero-order chi connectivity index (χ0) is 15.0. The van der Waals surface area contributed by atoms with E-state index in [1.165, 1.54) is 16.7 Å². The number of carbonyl (C=O) groups is 1. The Kier molecular flexibility index (Phi) is 3.06. The summed E-state index contributed by atoms with van der Waals surface area (Å²) >= 11 is 0. The lowest BCUT2D eigenvalue weighted by atomic mass is 10.3. The smallest absolute Gasteiger partial charge is 0.291 e. The average Bonchev–Trinajstić information content (AvgIpc) is 2.97. The second-order valence-electron chi connectivity index (χ2n) is 4.67. The SMILES string of the molecule is Cc1nc2cccc(C)n2c(=O)c1NC(=O)c1ccco1. The number of furan rings is 1. The molecular formula is C15H13N3O3. The first kappa shape index (κ1) is 13.1. The van der Waals surface area contributed by atoms with Crippen molar-refractivity contribution in [2.45, 2.75) is 13.8 Å². The van der Waals surface area contributed by atoms with E-state index in [0.29, 0.717) is 11.3 Å². The molecule has 0 aliphatic rings. The first-order chi connectivity index (χ1) is 10.1. The maximum absolute atomic E-state index is 12.6. The highest BCUT2D eigenvalue weighted by molar-refractivity contribution is 6.02. The topological polar surface area (TPSA) is 76.6 Å². The molecule has 3 aromatic rings. The van der Waals surface area contributed by atoms with E-state index in [9.17, 15) is 9.59 Å². The minimum Gasteiger partial charge on any atom is -0.459 e. The summed E-state index contributed by atoms with van der Waals surface area (Å²) in [5.41, 5.74) is 1.61. The predicted molar refractivity (Wildman–Crippen MR) is 77.6 cm³/mol. The Labute approximate surface area is 120 Å². The first-order valence-corrected chi connectivity index (χ1v) is 6.42. The molecule has 106 valence electrons. The molecule has 0 aliphatic heterocycles. The van der Waals surface area contributed by atoms with Crippen LogP contribution >= 0.6 is 0 Å². The Morgan fingerprint density at radius 2 is 2.05 bits per heavy atom. The van der Waals surface area contributed by atoms with Gasteiger partial charge in [0.15, 0.2) is 5.76 Å². The van der Waals surface area contributed by atoms with E-state index >= 15 is 0 Å². The summed E-state index contributed by atoms with van der Waals surface area (Å²) in [5.74, 6) is -0.334. The molecular weight excluding hydrogens is 270 g/mol. The molecule has 0 unspecified atom stereocenters. The minimum absolute atomic E-state index is 0.142. The average molecular weight is 283 g/mol. The summed E-state index contributed by atoms with van der Waals surface area (Å²) in [7, 11) is 0. The Balaban J connectivity index is 2.13. The molecule has 6 heteroatoms. The normalized spacial score (nSPS) is 10.8. The highest BCUT2D eigenvalue weighted by atomic mass is 16.3. The number of fused-ring (bicyclic) bond motifs is 1. The van der Waals surface area contributed by atoms with E-state index in [4.69, 9.17) is 4.42 Å². The van der Waals surface area contributed by atoms with Crippen LogP contribution in [0.3, 0.4) is 0 Å². The molecule has 0 atom stereocenters. The van der Waals surface area contributed by atoms with Crippen LogP contribution in [-0.2, 0) is 0 Å². The van der Waals surface area contributed by atoms with Gasteiger partial charge in [-0.25, -0.2) is 4.98 Å². The molecule has 1 amide bonds. The quantitative estimate of drug-likeness (QED) is 0.781. The molecule has 0 radical (unpaired) electrons.